The molecule has 1 aliphatic rings. The molecule has 3 aromatic rings. The molecule has 0 saturated heterocycles. The van der Waals surface area contributed by atoms with E-state index in [4.69, 9.17) is 24.1 Å². The third kappa shape index (κ3) is 5.64. The highest BCUT2D eigenvalue weighted by atomic mass is 32.2. The summed E-state index contributed by atoms with van der Waals surface area (Å²) in [5, 5.41) is 5.27. The van der Waals surface area contributed by atoms with Gasteiger partial charge in [0, 0.05) is 5.56 Å². The van der Waals surface area contributed by atoms with Crippen molar-refractivity contribution in [2.45, 2.75) is 11.9 Å². The second-order valence-corrected chi connectivity index (χ2v) is 9.58. The molecule has 0 saturated carbocycles. The summed E-state index contributed by atoms with van der Waals surface area (Å²) in [6.07, 6.45) is 0.991. The first-order valence-electron chi connectivity index (χ1n) is 10.9. The van der Waals surface area contributed by atoms with Gasteiger partial charge in [-0.2, -0.15) is 0 Å². The smallest absolute Gasteiger partial charge is 0.213 e. The monoisotopic (exact) mass is 499 g/mol. The van der Waals surface area contributed by atoms with Gasteiger partial charge in [0.25, 0.3) is 0 Å². The van der Waals surface area contributed by atoms with Crippen molar-refractivity contribution >= 4 is 10.0 Å². The Balaban J connectivity index is 1.80. The van der Waals surface area contributed by atoms with E-state index in [-0.39, 0.29) is 5.75 Å². The van der Waals surface area contributed by atoms with Crippen LogP contribution in [0.1, 0.15) is 22.8 Å². The van der Waals surface area contributed by atoms with Crippen LogP contribution in [-0.2, 0) is 20.5 Å². The highest BCUT2D eigenvalue weighted by Crippen LogP contribution is 2.52. The third-order valence-corrected chi connectivity index (χ3v) is 6.18. The van der Waals surface area contributed by atoms with E-state index in [9.17, 15) is 12.8 Å². The molecule has 1 unspecified atom stereocenters. The molecule has 4 rings (SSSR count). The Morgan fingerprint density at radius 2 is 1.97 bits per heavy atom. The number of primary sulfonamides is 1. The van der Waals surface area contributed by atoms with Crippen molar-refractivity contribution in [3.63, 3.8) is 0 Å². The summed E-state index contributed by atoms with van der Waals surface area (Å²) in [4.78, 5) is 0. The summed E-state index contributed by atoms with van der Waals surface area (Å²) in [6.45, 7) is 4.71. The summed E-state index contributed by atoms with van der Waals surface area (Å²) < 4.78 is 60.8. The minimum Gasteiger partial charge on any atom is -0.492 e. The number of hydrogen-bond donors (Lipinski definition) is 1. The lowest BCUT2D eigenvalue weighted by Gasteiger charge is -2.31. The molecule has 9 heteroatoms. The number of nitrogens with two attached hydrogens (primary N) is 1. The zero-order chi connectivity index (χ0) is 25.0. The highest BCUT2D eigenvalue weighted by molar-refractivity contribution is 7.88. The van der Waals surface area contributed by atoms with Gasteiger partial charge in [-0.1, -0.05) is 36.4 Å². The zero-order valence-corrected chi connectivity index (χ0v) is 20.0. The van der Waals surface area contributed by atoms with Gasteiger partial charge in [-0.15, -0.1) is 6.58 Å². The SMILES string of the molecule is C=CCOCCOc1ccc2c(c1OC)-c1ccc(CS(N)(=O)=O)cc1C(c1cccc(F)c1)O2. The number of halogens is 1. The highest BCUT2D eigenvalue weighted by Gasteiger charge is 2.32. The molecule has 1 heterocycles. The van der Waals surface area contributed by atoms with Gasteiger partial charge < -0.3 is 18.9 Å². The summed E-state index contributed by atoms with van der Waals surface area (Å²) in [7, 11) is -2.22. The molecule has 2 N–H and O–H groups in total. The van der Waals surface area contributed by atoms with E-state index in [1.54, 1.807) is 48.5 Å². The van der Waals surface area contributed by atoms with Gasteiger partial charge in [-0.05, 0) is 41.0 Å². The Kier molecular flexibility index (Phi) is 7.39. The molecule has 0 aliphatic carbocycles. The van der Waals surface area contributed by atoms with Crippen LogP contribution in [0.2, 0.25) is 0 Å². The van der Waals surface area contributed by atoms with Crippen LogP contribution < -0.4 is 19.3 Å². The van der Waals surface area contributed by atoms with Gasteiger partial charge in [0.15, 0.2) is 11.5 Å². The van der Waals surface area contributed by atoms with Crippen LogP contribution in [0.3, 0.4) is 0 Å². The Bertz CT molecular complexity index is 1340. The van der Waals surface area contributed by atoms with Crippen LogP contribution >= 0.6 is 0 Å². The third-order valence-electron chi connectivity index (χ3n) is 5.44. The molecule has 0 fully saturated rings. The number of fused-ring (bicyclic) bond motifs is 3. The Hall–Kier alpha value is -3.40. The molecule has 0 radical (unpaired) electrons. The molecule has 0 spiro atoms. The van der Waals surface area contributed by atoms with Crippen molar-refractivity contribution in [2.75, 3.05) is 26.9 Å². The van der Waals surface area contributed by atoms with Crippen molar-refractivity contribution in [1.29, 1.82) is 0 Å². The fourth-order valence-electron chi connectivity index (χ4n) is 4.08. The minimum absolute atomic E-state index is 0.302. The molecule has 184 valence electrons. The summed E-state index contributed by atoms with van der Waals surface area (Å²) in [5.41, 5.74) is 3.15. The van der Waals surface area contributed by atoms with Crippen molar-refractivity contribution < 1.29 is 31.8 Å². The largest absolute Gasteiger partial charge is 0.492 e. The van der Waals surface area contributed by atoms with E-state index >= 15 is 0 Å². The number of hydrogen-bond acceptors (Lipinski definition) is 6. The maximum absolute atomic E-state index is 14.1. The average molecular weight is 500 g/mol. The first-order valence-corrected chi connectivity index (χ1v) is 12.6. The maximum atomic E-state index is 14.1. The molecular formula is C26H26FNO6S. The Morgan fingerprint density at radius 1 is 1.14 bits per heavy atom. The fraction of sp³-hybridized carbons (Fsp3) is 0.231. The van der Waals surface area contributed by atoms with E-state index < -0.39 is 21.9 Å². The van der Waals surface area contributed by atoms with Crippen molar-refractivity contribution in [1.82, 2.24) is 0 Å². The van der Waals surface area contributed by atoms with Gasteiger partial charge >= 0.3 is 0 Å². The van der Waals surface area contributed by atoms with Gasteiger partial charge in [-0.25, -0.2) is 17.9 Å². The minimum atomic E-state index is -3.75. The van der Waals surface area contributed by atoms with Crippen LogP contribution in [0.15, 0.2) is 67.3 Å². The lowest BCUT2D eigenvalue weighted by Crippen LogP contribution is -2.18. The van der Waals surface area contributed by atoms with Crippen LogP contribution in [-0.4, -0.2) is 35.3 Å². The predicted molar refractivity (Wildman–Crippen MR) is 131 cm³/mol. The quantitative estimate of drug-likeness (QED) is 0.329. The molecule has 0 amide bonds. The van der Waals surface area contributed by atoms with E-state index in [1.807, 2.05) is 0 Å². The van der Waals surface area contributed by atoms with Crippen LogP contribution in [0.25, 0.3) is 11.1 Å². The lowest BCUT2D eigenvalue weighted by atomic mass is 9.88. The standard InChI is InChI=1S/C26H26FNO6S/c1-3-11-32-12-13-33-23-10-9-22-24(26(23)31-2)20-8-7-17(16-35(28,29)30)14-21(20)25(34-22)18-5-4-6-19(27)15-18/h3-10,14-15,25H,1,11-13,16H2,2H3,(H2,28,29,30). The second kappa shape index (κ2) is 10.5. The number of ether oxygens (including phenoxy) is 4. The first kappa shape index (κ1) is 24.7. The molecule has 0 bridgehead atoms. The molecule has 0 aromatic heterocycles. The molecule has 1 aliphatic heterocycles. The van der Waals surface area contributed by atoms with Gasteiger partial charge in [0.05, 0.1) is 31.6 Å². The average Bonchev–Trinajstić information content (AvgIpc) is 2.82. The predicted octanol–water partition coefficient (Wildman–Crippen LogP) is 4.35. The first-order chi connectivity index (χ1) is 16.8. The second-order valence-electron chi connectivity index (χ2n) is 7.96. The number of sulfonamides is 1. The number of methoxy groups -OCH3 is 1. The summed E-state index contributed by atoms with van der Waals surface area (Å²) in [6, 6.07) is 14.8. The molecule has 7 nitrogen and oxygen atoms in total. The van der Waals surface area contributed by atoms with E-state index in [1.165, 1.54) is 19.2 Å². The molecule has 35 heavy (non-hydrogen) atoms. The Morgan fingerprint density at radius 3 is 2.69 bits per heavy atom. The van der Waals surface area contributed by atoms with Gasteiger partial charge in [0.2, 0.25) is 10.0 Å². The summed E-state index contributed by atoms with van der Waals surface area (Å²) in [5.74, 6) is 0.746. The maximum Gasteiger partial charge on any atom is 0.213 e. The van der Waals surface area contributed by atoms with E-state index in [0.717, 1.165) is 5.56 Å². The van der Waals surface area contributed by atoms with E-state index in [0.29, 0.717) is 59.3 Å². The van der Waals surface area contributed by atoms with Crippen molar-refractivity contribution in [2.24, 2.45) is 5.14 Å². The zero-order valence-electron chi connectivity index (χ0n) is 19.2. The number of rotatable bonds is 10. The topological polar surface area (TPSA) is 97.1 Å². The normalized spacial score (nSPS) is 14.4. The Labute approximate surface area is 203 Å². The molecule has 1 atom stereocenters. The van der Waals surface area contributed by atoms with E-state index in [2.05, 4.69) is 6.58 Å². The summed E-state index contributed by atoms with van der Waals surface area (Å²) >= 11 is 0. The van der Waals surface area contributed by atoms with Crippen LogP contribution in [0, 0.1) is 5.82 Å². The molecular weight excluding hydrogens is 473 g/mol. The van der Waals surface area contributed by atoms with Crippen LogP contribution in [0.5, 0.6) is 17.2 Å². The van der Waals surface area contributed by atoms with Crippen LogP contribution in [0.4, 0.5) is 4.39 Å². The van der Waals surface area contributed by atoms with Gasteiger partial charge in [-0.3, -0.25) is 0 Å². The fourth-order valence-corrected chi connectivity index (χ4v) is 4.72. The van der Waals surface area contributed by atoms with Crippen molar-refractivity contribution in [3.05, 3.63) is 89.8 Å². The lowest BCUT2D eigenvalue weighted by molar-refractivity contribution is 0.119. The number of benzene rings is 3. The van der Waals surface area contributed by atoms with Gasteiger partial charge in [0.1, 0.15) is 24.3 Å². The molecule has 3 aromatic carbocycles. The van der Waals surface area contributed by atoms with Crippen molar-refractivity contribution in [3.8, 4) is 28.4 Å².